The molecule has 0 amide bonds. The number of ketones is 1. The summed E-state index contributed by atoms with van der Waals surface area (Å²) >= 11 is 0. The first-order valence-corrected chi connectivity index (χ1v) is 4.93. The third kappa shape index (κ3) is 3.47. The molecule has 0 aliphatic rings. The van der Waals surface area contributed by atoms with Gasteiger partial charge in [0.15, 0.2) is 5.78 Å². The average molecular weight is 261 g/mol. The molecular weight excluding hydrogens is 251 g/mol. The van der Waals surface area contributed by atoms with Crippen LogP contribution in [0.3, 0.4) is 0 Å². The summed E-state index contributed by atoms with van der Waals surface area (Å²) in [6.07, 6.45) is -5.41. The molecular formula is C11H10F3NO3. The highest BCUT2D eigenvalue weighted by Gasteiger charge is 2.31. The number of carbonyl (C=O) groups is 2. The maximum atomic E-state index is 12.4. The lowest BCUT2D eigenvalue weighted by Gasteiger charge is -2.10. The van der Waals surface area contributed by atoms with Crippen LogP contribution in [0.25, 0.3) is 0 Å². The molecule has 98 valence electrons. The van der Waals surface area contributed by atoms with Crippen molar-refractivity contribution in [1.29, 1.82) is 0 Å². The van der Waals surface area contributed by atoms with Crippen LogP contribution in [0.1, 0.15) is 28.8 Å². The van der Waals surface area contributed by atoms with Gasteiger partial charge in [0.2, 0.25) is 0 Å². The molecule has 0 unspecified atom stereocenters. The zero-order valence-electron chi connectivity index (χ0n) is 9.12. The summed E-state index contributed by atoms with van der Waals surface area (Å²) in [5.41, 5.74) is 4.02. The van der Waals surface area contributed by atoms with Gasteiger partial charge in [-0.2, -0.15) is 13.2 Å². The molecule has 0 radical (unpaired) electrons. The molecule has 0 heterocycles. The number of rotatable bonds is 4. The van der Waals surface area contributed by atoms with Gasteiger partial charge in [0.25, 0.3) is 0 Å². The van der Waals surface area contributed by atoms with Crippen LogP contribution in [0.4, 0.5) is 18.9 Å². The van der Waals surface area contributed by atoms with Crippen molar-refractivity contribution in [3.05, 3.63) is 29.3 Å². The smallest absolute Gasteiger partial charge is 0.416 e. The van der Waals surface area contributed by atoms with Crippen LogP contribution >= 0.6 is 0 Å². The summed E-state index contributed by atoms with van der Waals surface area (Å²) in [6.45, 7) is 0. The molecule has 3 N–H and O–H groups in total. The van der Waals surface area contributed by atoms with E-state index in [1.807, 2.05) is 0 Å². The van der Waals surface area contributed by atoms with Crippen molar-refractivity contribution < 1.29 is 27.9 Å². The number of halogens is 3. The number of carboxylic acids is 1. The maximum Gasteiger partial charge on any atom is 0.416 e. The van der Waals surface area contributed by atoms with Crippen LogP contribution in [0.15, 0.2) is 18.2 Å². The van der Waals surface area contributed by atoms with Gasteiger partial charge in [-0.1, -0.05) is 0 Å². The molecule has 0 saturated heterocycles. The van der Waals surface area contributed by atoms with Crippen molar-refractivity contribution in [2.45, 2.75) is 19.0 Å². The molecule has 0 bridgehead atoms. The number of carbonyl (C=O) groups excluding carboxylic acids is 1. The van der Waals surface area contributed by atoms with Crippen molar-refractivity contribution in [1.82, 2.24) is 0 Å². The number of nitrogens with two attached hydrogens (primary N) is 1. The van der Waals surface area contributed by atoms with Crippen LogP contribution < -0.4 is 5.73 Å². The monoisotopic (exact) mass is 261 g/mol. The lowest BCUT2D eigenvalue weighted by Crippen LogP contribution is -2.11. The molecule has 0 aliphatic carbocycles. The molecule has 0 aromatic heterocycles. The van der Waals surface area contributed by atoms with Crippen LogP contribution in [0.5, 0.6) is 0 Å². The topological polar surface area (TPSA) is 80.4 Å². The molecule has 1 aromatic carbocycles. The Morgan fingerprint density at radius 3 is 2.33 bits per heavy atom. The first-order valence-electron chi connectivity index (χ1n) is 4.93. The summed E-state index contributed by atoms with van der Waals surface area (Å²) in [5.74, 6) is -1.92. The van der Waals surface area contributed by atoms with Crippen molar-refractivity contribution >= 4 is 17.4 Å². The van der Waals surface area contributed by atoms with Crippen molar-refractivity contribution in [2.75, 3.05) is 5.73 Å². The summed E-state index contributed by atoms with van der Waals surface area (Å²) < 4.78 is 37.3. The Labute approximate surface area is 100 Å². The molecule has 18 heavy (non-hydrogen) atoms. The number of Topliss-reactive ketones (excluding diaryl/α,β-unsaturated/α-hetero) is 1. The predicted molar refractivity (Wildman–Crippen MR) is 57.1 cm³/mol. The minimum Gasteiger partial charge on any atom is -0.481 e. The van der Waals surface area contributed by atoms with E-state index in [0.29, 0.717) is 6.07 Å². The Bertz CT molecular complexity index is 483. The fraction of sp³-hybridized carbons (Fsp3) is 0.273. The fourth-order valence-corrected chi connectivity index (χ4v) is 1.33. The quantitative estimate of drug-likeness (QED) is 0.644. The van der Waals surface area contributed by atoms with Gasteiger partial charge in [0.1, 0.15) is 0 Å². The highest BCUT2D eigenvalue weighted by Crippen LogP contribution is 2.31. The second kappa shape index (κ2) is 5.07. The summed E-state index contributed by atoms with van der Waals surface area (Å²) in [6, 6.07) is 2.39. The van der Waals surface area contributed by atoms with E-state index in [9.17, 15) is 22.8 Å². The molecule has 7 heteroatoms. The van der Waals surface area contributed by atoms with E-state index in [1.165, 1.54) is 0 Å². The minimum absolute atomic E-state index is 0.0987. The number of carboxylic acid groups (broad SMARTS) is 1. The third-order valence-corrected chi connectivity index (χ3v) is 2.25. The van der Waals surface area contributed by atoms with Crippen molar-refractivity contribution in [3.8, 4) is 0 Å². The third-order valence-electron chi connectivity index (χ3n) is 2.25. The van der Waals surface area contributed by atoms with E-state index in [4.69, 9.17) is 10.8 Å². The van der Waals surface area contributed by atoms with Gasteiger partial charge in [-0.3, -0.25) is 9.59 Å². The molecule has 0 saturated carbocycles. The lowest BCUT2D eigenvalue weighted by atomic mass is 10.0. The minimum atomic E-state index is -4.57. The zero-order valence-corrected chi connectivity index (χ0v) is 9.12. The number of aliphatic carboxylic acids is 1. The molecule has 1 rings (SSSR count). The molecule has 0 spiro atoms. The molecule has 0 fully saturated rings. The van der Waals surface area contributed by atoms with Gasteiger partial charge < -0.3 is 10.8 Å². The van der Waals surface area contributed by atoms with Crippen LogP contribution in [0.2, 0.25) is 0 Å². The van der Waals surface area contributed by atoms with Gasteiger partial charge >= 0.3 is 12.1 Å². The average Bonchev–Trinajstić information content (AvgIpc) is 2.24. The number of alkyl halides is 3. The van der Waals surface area contributed by atoms with Crippen LogP contribution in [-0.2, 0) is 11.0 Å². The van der Waals surface area contributed by atoms with Gasteiger partial charge in [-0.15, -0.1) is 0 Å². The van der Waals surface area contributed by atoms with E-state index in [2.05, 4.69) is 0 Å². The van der Waals surface area contributed by atoms with Gasteiger partial charge in [0.05, 0.1) is 12.0 Å². The predicted octanol–water partition coefficient (Wildman–Crippen LogP) is 2.34. The normalized spacial score (nSPS) is 11.3. The molecule has 0 atom stereocenters. The molecule has 0 aliphatic heterocycles. The van der Waals surface area contributed by atoms with E-state index in [-0.39, 0.29) is 17.7 Å². The Kier molecular flexibility index (Phi) is 3.95. The number of benzene rings is 1. The van der Waals surface area contributed by atoms with Gasteiger partial charge in [0, 0.05) is 17.7 Å². The Morgan fingerprint density at radius 1 is 1.22 bits per heavy atom. The second-order valence-corrected chi connectivity index (χ2v) is 3.62. The second-order valence-electron chi connectivity index (χ2n) is 3.62. The summed E-state index contributed by atoms with van der Waals surface area (Å²) in [5, 5.41) is 8.40. The molecule has 4 nitrogen and oxygen atoms in total. The molecule has 1 aromatic rings. The lowest BCUT2D eigenvalue weighted by molar-refractivity contribution is -0.138. The first kappa shape index (κ1) is 14.0. The van der Waals surface area contributed by atoms with E-state index in [1.54, 1.807) is 0 Å². The fourth-order valence-electron chi connectivity index (χ4n) is 1.33. The number of hydrogen-bond donors (Lipinski definition) is 2. The van der Waals surface area contributed by atoms with Crippen LogP contribution in [-0.4, -0.2) is 16.9 Å². The van der Waals surface area contributed by atoms with Crippen molar-refractivity contribution in [3.63, 3.8) is 0 Å². The van der Waals surface area contributed by atoms with E-state index < -0.39 is 29.9 Å². The van der Waals surface area contributed by atoms with E-state index in [0.717, 1.165) is 12.1 Å². The number of anilines is 1. The van der Waals surface area contributed by atoms with Gasteiger partial charge in [-0.05, 0) is 18.2 Å². The Hall–Kier alpha value is -2.05. The SMILES string of the molecule is Nc1ccc(C(F)(F)F)cc1C(=O)CCC(=O)O. The van der Waals surface area contributed by atoms with Crippen LogP contribution in [0, 0.1) is 0 Å². The summed E-state index contributed by atoms with van der Waals surface area (Å²) in [4.78, 5) is 21.8. The zero-order chi connectivity index (χ0) is 13.9. The number of hydrogen-bond acceptors (Lipinski definition) is 3. The first-order chi connectivity index (χ1) is 8.21. The Balaban J connectivity index is 3.01. The van der Waals surface area contributed by atoms with Gasteiger partial charge in [-0.25, -0.2) is 0 Å². The van der Waals surface area contributed by atoms with E-state index >= 15 is 0 Å². The summed E-state index contributed by atoms with van der Waals surface area (Å²) in [7, 11) is 0. The Morgan fingerprint density at radius 2 is 1.83 bits per heavy atom. The van der Waals surface area contributed by atoms with Crippen molar-refractivity contribution in [2.24, 2.45) is 0 Å². The standard InChI is InChI=1S/C11H10F3NO3/c12-11(13,14)6-1-2-8(15)7(5-6)9(16)3-4-10(17)18/h1-2,5H,3-4,15H2,(H,17,18). The maximum absolute atomic E-state index is 12.4. The highest BCUT2D eigenvalue weighted by molar-refractivity contribution is 6.01. The number of nitrogen functional groups attached to an aromatic ring is 1. The highest BCUT2D eigenvalue weighted by atomic mass is 19.4. The largest absolute Gasteiger partial charge is 0.481 e.